The Kier molecular flexibility index (Phi) is 3.70. The van der Waals surface area contributed by atoms with E-state index in [1.165, 1.54) is 0 Å². The first-order chi connectivity index (χ1) is 6.93. The Balaban J connectivity index is 3.28. The number of rotatable bonds is 2. The van der Waals surface area contributed by atoms with E-state index in [1.807, 2.05) is 32.9 Å². The molecule has 1 nitrogen and oxygen atoms in total. The van der Waals surface area contributed by atoms with Crippen LogP contribution in [0.4, 0.5) is 0 Å². The molecule has 0 heterocycles. The molecule has 0 unspecified atom stereocenters. The smallest absolute Gasteiger partial charge is 0.152 e. The lowest BCUT2D eigenvalue weighted by Crippen LogP contribution is -1.92. The molecule has 0 fully saturated rings. The summed E-state index contributed by atoms with van der Waals surface area (Å²) in [6.45, 7) is 7.43. The van der Waals surface area contributed by atoms with Crippen molar-refractivity contribution in [1.29, 1.82) is 0 Å². The summed E-state index contributed by atoms with van der Waals surface area (Å²) < 4.78 is 0. The Morgan fingerprint density at radius 2 is 1.87 bits per heavy atom. The zero-order valence-electron chi connectivity index (χ0n) is 9.52. The average molecular weight is 223 g/mol. The first kappa shape index (κ1) is 12.0. The molecule has 0 aliphatic heterocycles. The quantitative estimate of drug-likeness (QED) is 0.693. The summed E-state index contributed by atoms with van der Waals surface area (Å²) >= 11 is 6.15. The topological polar surface area (TPSA) is 17.1 Å². The van der Waals surface area contributed by atoms with Crippen molar-refractivity contribution in [3.63, 3.8) is 0 Å². The maximum Gasteiger partial charge on any atom is 0.152 e. The minimum atomic E-state index is 0.0589. The summed E-state index contributed by atoms with van der Waals surface area (Å²) in [5, 5.41) is 0.781. The van der Waals surface area contributed by atoms with Crippen molar-refractivity contribution in [2.24, 2.45) is 0 Å². The van der Waals surface area contributed by atoms with Gasteiger partial charge in [0.15, 0.2) is 5.78 Å². The first-order valence-corrected chi connectivity index (χ1v) is 5.26. The van der Waals surface area contributed by atoms with Crippen molar-refractivity contribution in [1.82, 2.24) is 0 Å². The van der Waals surface area contributed by atoms with E-state index in [2.05, 4.69) is 0 Å². The Hall–Kier alpha value is -1.08. The number of carbonyl (C=O) groups excluding carboxylic acids is 1. The van der Waals surface area contributed by atoms with Crippen molar-refractivity contribution in [2.45, 2.75) is 27.7 Å². The first-order valence-electron chi connectivity index (χ1n) is 4.88. The highest BCUT2D eigenvalue weighted by Gasteiger charge is 2.06. The van der Waals surface area contributed by atoms with Gasteiger partial charge in [0.2, 0.25) is 0 Å². The van der Waals surface area contributed by atoms with Crippen molar-refractivity contribution in [3.8, 4) is 0 Å². The summed E-state index contributed by atoms with van der Waals surface area (Å²) in [6, 6.07) is 3.98. The fourth-order valence-electron chi connectivity index (χ4n) is 1.63. The van der Waals surface area contributed by atoms with Crippen molar-refractivity contribution in [2.75, 3.05) is 0 Å². The van der Waals surface area contributed by atoms with Gasteiger partial charge in [-0.25, -0.2) is 0 Å². The molecule has 0 N–H and O–H groups in total. The third kappa shape index (κ3) is 2.69. The lowest BCUT2D eigenvalue weighted by molar-refractivity contribution is -0.112. The molecule has 0 aliphatic rings. The van der Waals surface area contributed by atoms with E-state index in [0.29, 0.717) is 0 Å². The fourth-order valence-corrected chi connectivity index (χ4v) is 1.80. The molecule has 0 aromatic heterocycles. The predicted octanol–water partition coefficient (Wildman–Crippen LogP) is 3.95. The maximum absolute atomic E-state index is 11.0. The molecule has 0 saturated heterocycles. The van der Waals surface area contributed by atoms with Gasteiger partial charge in [0.25, 0.3) is 0 Å². The van der Waals surface area contributed by atoms with Gasteiger partial charge in [0, 0.05) is 5.02 Å². The molecule has 15 heavy (non-hydrogen) atoms. The van der Waals surface area contributed by atoms with Gasteiger partial charge in [0.05, 0.1) is 0 Å². The molecular formula is C13H15ClO. The minimum Gasteiger partial charge on any atom is -0.295 e. The van der Waals surface area contributed by atoms with E-state index >= 15 is 0 Å². The van der Waals surface area contributed by atoms with Gasteiger partial charge in [-0.05, 0) is 56.0 Å². The van der Waals surface area contributed by atoms with E-state index in [1.54, 1.807) is 13.0 Å². The molecule has 0 saturated carbocycles. The minimum absolute atomic E-state index is 0.0589. The zero-order chi connectivity index (χ0) is 11.6. The second-order valence-corrected chi connectivity index (χ2v) is 4.18. The number of benzene rings is 1. The molecule has 0 aliphatic carbocycles. The molecule has 0 bridgehead atoms. The number of halogens is 1. The molecule has 1 rings (SSSR count). The third-order valence-electron chi connectivity index (χ3n) is 2.42. The van der Waals surface area contributed by atoms with Gasteiger partial charge in [-0.15, -0.1) is 0 Å². The molecular weight excluding hydrogens is 208 g/mol. The van der Waals surface area contributed by atoms with Gasteiger partial charge >= 0.3 is 0 Å². The number of ketones is 1. The molecule has 2 heteroatoms. The van der Waals surface area contributed by atoms with Crippen LogP contribution in [-0.4, -0.2) is 5.78 Å². The second kappa shape index (κ2) is 4.63. The summed E-state index contributed by atoms with van der Waals surface area (Å²) in [6.07, 6.45) is 1.63. The van der Waals surface area contributed by atoms with Crippen molar-refractivity contribution in [3.05, 3.63) is 39.9 Å². The molecule has 1 aromatic carbocycles. The predicted molar refractivity (Wildman–Crippen MR) is 65.3 cm³/mol. The van der Waals surface area contributed by atoms with Crippen LogP contribution in [0.15, 0.2) is 18.2 Å². The van der Waals surface area contributed by atoms with E-state index in [0.717, 1.165) is 27.3 Å². The van der Waals surface area contributed by atoms with Crippen LogP contribution in [0, 0.1) is 13.8 Å². The fraction of sp³-hybridized carbons (Fsp3) is 0.308. The Labute approximate surface area is 95.8 Å². The lowest BCUT2D eigenvalue weighted by Gasteiger charge is -2.09. The van der Waals surface area contributed by atoms with Gasteiger partial charge in [0.1, 0.15) is 0 Å². The summed E-state index contributed by atoms with van der Waals surface area (Å²) in [7, 11) is 0. The van der Waals surface area contributed by atoms with Crippen LogP contribution >= 0.6 is 11.6 Å². The van der Waals surface area contributed by atoms with Crippen LogP contribution in [0.2, 0.25) is 5.02 Å². The highest BCUT2D eigenvalue weighted by molar-refractivity contribution is 6.32. The SMILES string of the molecule is CC(=O)/C=C(/C)c1ccc(C)c(Cl)c1C. The second-order valence-electron chi connectivity index (χ2n) is 3.81. The van der Waals surface area contributed by atoms with Gasteiger partial charge in [-0.2, -0.15) is 0 Å². The van der Waals surface area contributed by atoms with E-state index < -0.39 is 0 Å². The highest BCUT2D eigenvalue weighted by Crippen LogP contribution is 2.27. The van der Waals surface area contributed by atoms with Crippen molar-refractivity contribution < 1.29 is 4.79 Å². The number of allylic oxidation sites excluding steroid dienone is 2. The van der Waals surface area contributed by atoms with Gasteiger partial charge < -0.3 is 0 Å². The summed E-state index contributed by atoms with van der Waals surface area (Å²) in [4.78, 5) is 11.0. The molecule has 0 spiro atoms. The summed E-state index contributed by atoms with van der Waals surface area (Å²) in [5.41, 5.74) is 4.10. The van der Waals surface area contributed by atoms with E-state index in [9.17, 15) is 4.79 Å². The van der Waals surface area contributed by atoms with Crippen molar-refractivity contribution >= 4 is 23.0 Å². The highest BCUT2D eigenvalue weighted by atomic mass is 35.5. The van der Waals surface area contributed by atoms with Crippen LogP contribution in [0.3, 0.4) is 0 Å². The third-order valence-corrected chi connectivity index (χ3v) is 3.01. The molecule has 0 atom stereocenters. The lowest BCUT2D eigenvalue weighted by atomic mass is 9.99. The molecule has 80 valence electrons. The zero-order valence-corrected chi connectivity index (χ0v) is 10.3. The number of hydrogen-bond acceptors (Lipinski definition) is 1. The van der Waals surface area contributed by atoms with Crippen LogP contribution in [0.1, 0.15) is 30.5 Å². The Bertz CT molecular complexity index is 430. The number of hydrogen-bond donors (Lipinski definition) is 0. The van der Waals surface area contributed by atoms with E-state index in [-0.39, 0.29) is 5.78 Å². The van der Waals surface area contributed by atoms with Crippen LogP contribution in [-0.2, 0) is 4.79 Å². The molecule has 0 radical (unpaired) electrons. The standard InChI is InChI=1S/C13H15ClO/c1-8-5-6-12(11(4)13(8)14)9(2)7-10(3)15/h5-7H,1-4H3/b9-7-. The average Bonchev–Trinajstić information content (AvgIpc) is 2.13. The van der Waals surface area contributed by atoms with Crippen LogP contribution in [0.25, 0.3) is 5.57 Å². The normalized spacial score (nSPS) is 11.7. The Morgan fingerprint density at radius 3 is 2.40 bits per heavy atom. The van der Waals surface area contributed by atoms with Crippen LogP contribution < -0.4 is 0 Å². The number of carbonyl (C=O) groups is 1. The molecule has 0 amide bonds. The largest absolute Gasteiger partial charge is 0.295 e. The maximum atomic E-state index is 11.0. The Morgan fingerprint density at radius 1 is 1.27 bits per heavy atom. The van der Waals surface area contributed by atoms with Crippen LogP contribution in [0.5, 0.6) is 0 Å². The van der Waals surface area contributed by atoms with Gasteiger partial charge in [-0.1, -0.05) is 23.7 Å². The van der Waals surface area contributed by atoms with E-state index in [4.69, 9.17) is 11.6 Å². The molecule has 1 aromatic rings. The number of aryl methyl sites for hydroxylation is 1. The van der Waals surface area contributed by atoms with Gasteiger partial charge in [-0.3, -0.25) is 4.79 Å². The summed E-state index contributed by atoms with van der Waals surface area (Å²) in [5.74, 6) is 0.0589. The monoisotopic (exact) mass is 222 g/mol.